The van der Waals surface area contributed by atoms with Gasteiger partial charge in [0, 0.05) is 41.7 Å². The first-order valence-electron chi connectivity index (χ1n) is 8.54. The van der Waals surface area contributed by atoms with Crippen LogP contribution in [-0.2, 0) is 4.79 Å². The smallest absolute Gasteiger partial charge is 0.253 e. The normalized spacial score (nSPS) is 17.8. The Morgan fingerprint density at radius 2 is 2.16 bits per heavy atom. The summed E-state index contributed by atoms with van der Waals surface area (Å²) in [6, 6.07) is 5.18. The zero-order valence-corrected chi connectivity index (χ0v) is 16.5. The van der Waals surface area contributed by atoms with Crippen molar-refractivity contribution in [3.8, 4) is 0 Å². The van der Waals surface area contributed by atoms with Crippen molar-refractivity contribution in [1.29, 1.82) is 0 Å². The predicted molar refractivity (Wildman–Crippen MR) is 106 cm³/mol. The van der Waals surface area contributed by atoms with Gasteiger partial charge in [-0.05, 0) is 38.5 Å². The fourth-order valence-corrected chi connectivity index (χ4v) is 3.64. The molecule has 25 heavy (non-hydrogen) atoms. The molecule has 1 aromatic carbocycles. The summed E-state index contributed by atoms with van der Waals surface area (Å²) in [4.78, 5) is 24.5. The summed E-state index contributed by atoms with van der Waals surface area (Å²) in [6.07, 6.45) is 1.25. The van der Waals surface area contributed by atoms with Gasteiger partial charge in [-0.25, -0.2) is 0 Å². The summed E-state index contributed by atoms with van der Waals surface area (Å²) in [7, 11) is 0. The van der Waals surface area contributed by atoms with E-state index in [9.17, 15) is 9.59 Å². The molecule has 0 aliphatic carbocycles. The number of carbonyl (C=O) groups excluding carboxylic acids is 2. The van der Waals surface area contributed by atoms with E-state index in [0.29, 0.717) is 22.7 Å². The molecule has 0 aromatic heterocycles. The van der Waals surface area contributed by atoms with Crippen molar-refractivity contribution in [3.05, 3.63) is 28.8 Å². The molecule has 0 radical (unpaired) electrons. The standard InChI is InChI=1S/C18H26ClN3O2S/c1-4-18(2,3)22-17(24)14-6-5-12(9-15(14)19)21-16(23)10-13-11-25-8-7-20-13/h5-6,9,13,20H,4,7-8,10-11H2,1-3H3,(H,21,23)(H,22,24). The number of benzene rings is 1. The molecule has 2 amide bonds. The van der Waals surface area contributed by atoms with Gasteiger partial charge in [-0.1, -0.05) is 18.5 Å². The Labute approximate surface area is 158 Å². The lowest BCUT2D eigenvalue weighted by Gasteiger charge is -2.24. The highest BCUT2D eigenvalue weighted by Crippen LogP contribution is 2.22. The van der Waals surface area contributed by atoms with Crippen molar-refractivity contribution in [3.63, 3.8) is 0 Å². The highest BCUT2D eigenvalue weighted by atomic mass is 35.5. The minimum atomic E-state index is -0.293. The Bertz CT molecular complexity index is 631. The van der Waals surface area contributed by atoms with Crippen LogP contribution >= 0.6 is 23.4 Å². The first kappa shape index (κ1) is 20.1. The van der Waals surface area contributed by atoms with Crippen LogP contribution < -0.4 is 16.0 Å². The highest BCUT2D eigenvalue weighted by molar-refractivity contribution is 7.99. The number of rotatable bonds is 6. The van der Waals surface area contributed by atoms with E-state index in [1.165, 1.54) is 0 Å². The number of thioether (sulfide) groups is 1. The maximum atomic E-state index is 12.3. The molecule has 1 atom stereocenters. The van der Waals surface area contributed by atoms with Crippen LogP contribution in [-0.4, -0.2) is 41.4 Å². The third-order valence-electron chi connectivity index (χ3n) is 4.26. The predicted octanol–water partition coefficient (Wildman–Crippen LogP) is 3.29. The topological polar surface area (TPSA) is 70.2 Å². The van der Waals surface area contributed by atoms with Crippen molar-refractivity contribution < 1.29 is 9.59 Å². The van der Waals surface area contributed by atoms with Crippen LogP contribution in [0.25, 0.3) is 0 Å². The number of anilines is 1. The number of carbonyl (C=O) groups is 2. The monoisotopic (exact) mass is 383 g/mol. The molecule has 0 bridgehead atoms. The van der Waals surface area contributed by atoms with Gasteiger partial charge in [0.05, 0.1) is 10.6 Å². The van der Waals surface area contributed by atoms with E-state index < -0.39 is 0 Å². The van der Waals surface area contributed by atoms with Crippen LogP contribution in [0.4, 0.5) is 5.69 Å². The molecule has 1 aliphatic rings. The van der Waals surface area contributed by atoms with Crippen LogP contribution in [0.2, 0.25) is 5.02 Å². The van der Waals surface area contributed by atoms with E-state index in [2.05, 4.69) is 16.0 Å². The minimum Gasteiger partial charge on any atom is -0.347 e. The van der Waals surface area contributed by atoms with Crippen LogP contribution in [0, 0.1) is 0 Å². The third-order valence-corrected chi connectivity index (χ3v) is 5.71. The molecular formula is C18H26ClN3O2S. The van der Waals surface area contributed by atoms with Crippen LogP contribution in [0.15, 0.2) is 18.2 Å². The molecule has 138 valence electrons. The number of nitrogens with one attached hydrogen (secondary N) is 3. The van der Waals surface area contributed by atoms with E-state index in [1.807, 2.05) is 32.5 Å². The van der Waals surface area contributed by atoms with Crippen molar-refractivity contribution in [2.75, 3.05) is 23.4 Å². The quantitative estimate of drug-likeness (QED) is 0.705. The van der Waals surface area contributed by atoms with Crippen LogP contribution in [0.1, 0.15) is 44.0 Å². The van der Waals surface area contributed by atoms with E-state index in [0.717, 1.165) is 24.5 Å². The molecule has 0 saturated carbocycles. The summed E-state index contributed by atoms with van der Waals surface area (Å²) in [5.41, 5.74) is 0.717. The largest absolute Gasteiger partial charge is 0.347 e. The van der Waals surface area contributed by atoms with Crippen molar-refractivity contribution >= 4 is 40.9 Å². The zero-order chi connectivity index (χ0) is 18.4. The Balaban J connectivity index is 1.96. The van der Waals surface area contributed by atoms with E-state index in [4.69, 9.17) is 11.6 Å². The highest BCUT2D eigenvalue weighted by Gasteiger charge is 2.21. The van der Waals surface area contributed by atoms with Gasteiger partial charge in [-0.15, -0.1) is 0 Å². The molecular weight excluding hydrogens is 358 g/mol. The van der Waals surface area contributed by atoms with Crippen LogP contribution in [0.5, 0.6) is 0 Å². The van der Waals surface area contributed by atoms with Crippen molar-refractivity contribution in [2.45, 2.75) is 45.2 Å². The minimum absolute atomic E-state index is 0.0552. The lowest BCUT2D eigenvalue weighted by molar-refractivity contribution is -0.116. The second-order valence-corrected chi connectivity index (χ2v) is 8.42. The lowest BCUT2D eigenvalue weighted by atomic mass is 10.0. The fraction of sp³-hybridized carbons (Fsp3) is 0.556. The first-order chi connectivity index (χ1) is 11.8. The molecule has 0 spiro atoms. The molecule has 1 heterocycles. The number of halogens is 1. The summed E-state index contributed by atoms with van der Waals surface area (Å²) in [6.45, 7) is 6.88. The molecule has 5 nitrogen and oxygen atoms in total. The first-order valence-corrected chi connectivity index (χ1v) is 10.1. The van der Waals surface area contributed by atoms with Gasteiger partial charge >= 0.3 is 0 Å². The fourth-order valence-electron chi connectivity index (χ4n) is 2.43. The summed E-state index contributed by atoms with van der Waals surface area (Å²) in [5.74, 6) is 1.77. The summed E-state index contributed by atoms with van der Waals surface area (Å²) >= 11 is 8.10. The number of hydrogen-bond acceptors (Lipinski definition) is 4. The average Bonchev–Trinajstić information content (AvgIpc) is 2.55. The van der Waals surface area contributed by atoms with Crippen molar-refractivity contribution in [1.82, 2.24) is 10.6 Å². The molecule has 1 aliphatic heterocycles. The van der Waals surface area contributed by atoms with Gasteiger partial charge in [0.1, 0.15) is 0 Å². The van der Waals surface area contributed by atoms with E-state index >= 15 is 0 Å². The molecule has 1 saturated heterocycles. The second kappa shape index (κ2) is 8.92. The average molecular weight is 384 g/mol. The maximum absolute atomic E-state index is 12.3. The Morgan fingerprint density at radius 3 is 2.76 bits per heavy atom. The lowest BCUT2D eigenvalue weighted by Crippen LogP contribution is -2.42. The molecule has 1 unspecified atom stereocenters. The molecule has 7 heteroatoms. The van der Waals surface area contributed by atoms with E-state index in [-0.39, 0.29) is 23.4 Å². The van der Waals surface area contributed by atoms with Gasteiger partial charge < -0.3 is 16.0 Å². The third kappa shape index (κ3) is 6.20. The van der Waals surface area contributed by atoms with Gasteiger partial charge in [0.2, 0.25) is 5.91 Å². The van der Waals surface area contributed by atoms with Gasteiger partial charge in [-0.3, -0.25) is 9.59 Å². The second-order valence-electron chi connectivity index (χ2n) is 6.86. The maximum Gasteiger partial charge on any atom is 0.253 e. The summed E-state index contributed by atoms with van der Waals surface area (Å²) in [5, 5.41) is 9.47. The van der Waals surface area contributed by atoms with E-state index in [1.54, 1.807) is 18.2 Å². The Kier molecular flexibility index (Phi) is 7.16. The SMILES string of the molecule is CCC(C)(C)NC(=O)c1ccc(NC(=O)CC2CSCCN2)cc1Cl. The van der Waals surface area contributed by atoms with Gasteiger partial charge in [0.25, 0.3) is 5.91 Å². The summed E-state index contributed by atoms with van der Waals surface area (Å²) < 4.78 is 0. The number of amides is 2. The molecule has 3 N–H and O–H groups in total. The Hall–Kier alpha value is -1.24. The molecule has 1 fully saturated rings. The zero-order valence-electron chi connectivity index (χ0n) is 14.9. The van der Waals surface area contributed by atoms with Crippen molar-refractivity contribution in [2.24, 2.45) is 0 Å². The Morgan fingerprint density at radius 1 is 1.40 bits per heavy atom. The molecule has 2 rings (SSSR count). The molecule has 1 aromatic rings. The van der Waals surface area contributed by atoms with Crippen LogP contribution in [0.3, 0.4) is 0 Å². The van der Waals surface area contributed by atoms with Gasteiger partial charge in [0.15, 0.2) is 0 Å². The van der Waals surface area contributed by atoms with Gasteiger partial charge in [-0.2, -0.15) is 11.8 Å². The number of hydrogen-bond donors (Lipinski definition) is 3.